The number of hydrogen-bond acceptors (Lipinski definition) is 4. The average molecular weight is 356 g/mol. The van der Waals surface area contributed by atoms with Crippen LogP contribution in [-0.2, 0) is 9.53 Å². The van der Waals surface area contributed by atoms with E-state index in [1.165, 1.54) is 13.2 Å². The van der Waals surface area contributed by atoms with E-state index in [0.717, 1.165) is 17.3 Å². The van der Waals surface area contributed by atoms with E-state index < -0.39 is 0 Å². The van der Waals surface area contributed by atoms with E-state index in [4.69, 9.17) is 4.74 Å². The van der Waals surface area contributed by atoms with Gasteiger partial charge in [-0.15, -0.1) is 0 Å². The van der Waals surface area contributed by atoms with Crippen LogP contribution < -0.4 is 5.32 Å². The minimum atomic E-state index is -0.290. The molecule has 0 aromatic heterocycles. The number of methoxy groups -OCH3 is 1. The quantitative estimate of drug-likeness (QED) is 0.817. The van der Waals surface area contributed by atoms with Crippen molar-refractivity contribution < 1.29 is 19.4 Å². The van der Waals surface area contributed by atoms with E-state index in [1.807, 2.05) is 0 Å². The van der Waals surface area contributed by atoms with Gasteiger partial charge in [0.15, 0.2) is 0 Å². The fourth-order valence-corrected chi connectivity index (χ4v) is 2.95. The van der Waals surface area contributed by atoms with Crippen LogP contribution in [0.5, 0.6) is 5.75 Å². The Morgan fingerprint density at radius 1 is 1.29 bits per heavy atom. The molecule has 0 bridgehead atoms. The molecular weight excluding hydrogens is 338 g/mol. The summed E-state index contributed by atoms with van der Waals surface area (Å²) < 4.78 is 5.46. The molecule has 0 unspecified atom stereocenters. The number of halogens is 1. The van der Waals surface area contributed by atoms with Crippen molar-refractivity contribution in [3.05, 3.63) is 28.2 Å². The molecule has 0 spiro atoms. The standard InChI is InChI=1S/C15H18BrNO4/c1-21-15(20)9-2-5-11(6-3-9)17-14(19)12-7-4-10(16)8-13(12)18/h4,7-9,11,18H,2-3,5-6H2,1H3,(H,17,19). The topological polar surface area (TPSA) is 75.6 Å². The predicted octanol–water partition coefficient (Wildman–Crippen LogP) is 2.62. The molecule has 1 aromatic carbocycles. The minimum Gasteiger partial charge on any atom is -0.507 e. The van der Waals surface area contributed by atoms with E-state index in [2.05, 4.69) is 21.2 Å². The Balaban J connectivity index is 1.91. The first-order valence-corrected chi connectivity index (χ1v) is 7.67. The van der Waals surface area contributed by atoms with Gasteiger partial charge in [0, 0.05) is 10.5 Å². The van der Waals surface area contributed by atoms with Gasteiger partial charge < -0.3 is 15.2 Å². The van der Waals surface area contributed by atoms with Crippen LogP contribution in [0.15, 0.2) is 22.7 Å². The third-order valence-electron chi connectivity index (χ3n) is 3.80. The summed E-state index contributed by atoms with van der Waals surface area (Å²) in [5.74, 6) is -0.582. The van der Waals surface area contributed by atoms with Crippen molar-refractivity contribution in [2.75, 3.05) is 7.11 Å². The molecule has 1 amide bonds. The fraction of sp³-hybridized carbons (Fsp3) is 0.467. The molecule has 0 heterocycles. The maximum Gasteiger partial charge on any atom is 0.308 e. The Morgan fingerprint density at radius 2 is 1.95 bits per heavy atom. The number of aromatic hydroxyl groups is 1. The lowest BCUT2D eigenvalue weighted by Gasteiger charge is -2.27. The van der Waals surface area contributed by atoms with E-state index in [0.29, 0.717) is 12.8 Å². The second-order valence-electron chi connectivity index (χ2n) is 5.21. The number of ether oxygens (including phenoxy) is 1. The number of nitrogens with one attached hydrogen (secondary N) is 1. The molecule has 0 saturated heterocycles. The van der Waals surface area contributed by atoms with Gasteiger partial charge >= 0.3 is 5.97 Å². The van der Waals surface area contributed by atoms with E-state index in [1.54, 1.807) is 12.1 Å². The Kier molecular flexibility index (Phi) is 5.22. The third-order valence-corrected chi connectivity index (χ3v) is 4.29. The number of benzene rings is 1. The van der Waals surface area contributed by atoms with Crippen molar-refractivity contribution in [3.8, 4) is 5.75 Å². The first kappa shape index (κ1) is 15.8. The second kappa shape index (κ2) is 6.93. The summed E-state index contributed by atoms with van der Waals surface area (Å²) in [7, 11) is 1.40. The lowest BCUT2D eigenvalue weighted by atomic mass is 9.86. The number of phenols is 1. The number of esters is 1. The van der Waals surface area contributed by atoms with Gasteiger partial charge in [0.2, 0.25) is 0 Å². The largest absolute Gasteiger partial charge is 0.507 e. The highest BCUT2D eigenvalue weighted by Gasteiger charge is 2.28. The summed E-state index contributed by atoms with van der Waals surface area (Å²) in [6.45, 7) is 0. The van der Waals surface area contributed by atoms with Gasteiger partial charge in [-0.05, 0) is 43.9 Å². The predicted molar refractivity (Wildman–Crippen MR) is 81.0 cm³/mol. The number of rotatable bonds is 3. The normalized spacial score (nSPS) is 21.6. The van der Waals surface area contributed by atoms with E-state index in [-0.39, 0.29) is 35.1 Å². The first-order chi connectivity index (χ1) is 10.0. The summed E-state index contributed by atoms with van der Waals surface area (Å²) >= 11 is 3.24. The fourth-order valence-electron chi connectivity index (χ4n) is 2.60. The van der Waals surface area contributed by atoms with Crippen molar-refractivity contribution in [1.82, 2.24) is 5.32 Å². The van der Waals surface area contributed by atoms with Crippen molar-refractivity contribution >= 4 is 27.8 Å². The van der Waals surface area contributed by atoms with Gasteiger partial charge in [0.05, 0.1) is 18.6 Å². The molecule has 1 aliphatic rings. The molecular formula is C15H18BrNO4. The molecule has 0 aliphatic heterocycles. The maximum atomic E-state index is 12.1. The smallest absolute Gasteiger partial charge is 0.308 e. The van der Waals surface area contributed by atoms with Crippen molar-refractivity contribution in [1.29, 1.82) is 0 Å². The summed E-state index contributed by atoms with van der Waals surface area (Å²) in [6.07, 6.45) is 2.90. The van der Waals surface area contributed by atoms with Gasteiger partial charge in [-0.3, -0.25) is 9.59 Å². The summed E-state index contributed by atoms with van der Waals surface area (Å²) in [6, 6.07) is 4.81. The third kappa shape index (κ3) is 3.97. The Bertz CT molecular complexity index is 538. The molecule has 1 aliphatic carbocycles. The van der Waals surface area contributed by atoms with E-state index in [9.17, 15) is 14.7 Å². The molecule has 21 heavy (non-hydrogen) atoms. The van der Waals surface area contributed by atoms with Crippen LogP contribution in [0.1, 0.15) is 36.0 Å². The van der Waals surface area contributed by atoms with E-state index >= 15 is 0 Å². The molecule has 1 fully saturated rings. The zero-order valence-electron chi connectivity index (χ0n) is 11.8. The molecule has 0 atom stereocenters. The van der Waals surface area contributed by atoms with Gasteiger partial charge in [-0.25, -0.2) is 0 Å². The summed E-state index contributed by atoms with van der Waals surface area (Å²) in [5, 5.41) is 12.7. The number of hydrogen-bond donors (Lipinski definition) is 2. The SMILES string of the molecule is COC(=O)C1CCC(NC(=O)c2ccc(Br)cc2O)CC1. The first-order valence-electron chi connectivity index (χ1n) is 6.88. The average Bonchev–Trinajstić information content (AvgIpc) is 2.47. The zero-order valence-corrected chi connectivity index (χ0v) is 13.4. The number of carbonyl (C=O) groups excluding carboxylic acids is 2. The highest BCUT2D eigenvalue weighted by molar-refractivity contribution is 9.10. The molecule has 1 saturated carbocycles. The van der Waals surface area contributed by atoms with Crippen molar-refractivity contribution in [2.24, 2.45) is 5.92 Å². The van der Waals surface area contributed by atoms with Gasteiger partial charge in [0.25, 0.3) is 5.91 Å². The van der Waals surface area contributed by atoms with Crippen LogP contribution in [0.2, 0.25) is 0 Å². The van der Waals surface area contributed by atoms with Crippen LogP contribution in [0.3, 0.4) is 0 Å². The molecule has 1 aromatic rings. The minimum absolute atomic E-state index is 0.0291. The van der Waals surface area contributed by atoms with Crippen LogP contribution in [-0.4, -0.2) is 30.1 Å². The number of amides is 1. The van der Waals surface area contributed by atoms with Gasteiger partial charge in [-0.1, -0.05) is 15.9 Å². The van der Waals surface area contributed by atoms with Crippen molar-refractivity contribution in [2.45, 2.75) is 31.7 Å². The zero-order chi connectivity index (χ0) is 15.4. The molecule has 6 heteroatoms. The maximum absolute atomic E-state index is 12.1. The highest BCUT2D eigenvalue weighted by atomic mass is 79.9. The number of phenolic OH excluding ortho intramolecular Hbond substituents is 1. The molecule has 5 nitrogen and oxygen atoms in total. The Hall–Kier alpha value is -1.56. The van der Waals surface area contributed by atoms with Gasteiger partial charge in [0.1, 0.15) is 5.75 Å². The lowest BCUT2D eigenvalue weighted by molar-refractivity contribution is -0.146. The monoisotopic (exact) mass is 355 g/mol. The van der Waals surface area contributed by atoms with Crippen LogP contribution in [0.25, 0.3) is 0 Å². The summed E-state index contributed by atoms with van der Waals surface area (Å²) in [4.78, 5) is 23.6. The number of carbonyl (C=O) groups is 2. The van der Waals surface area contributed by atoms with Crippen LogP contribution in [0.4, 0.5) is 0 Å². The molecule has 0 radical (unpaired) electrons. The summed E-state index contributed by atoms with van der Waals surface area (Å²) in [5.41, 5.74) is 0.258. The van der Waals surface area contributed by atoms with Crippen LogP contribution >= 0.6 is 15.9 Å². The second-order valence-corrected chi connectivity index (χ2v) is 6.12. The lowest BCUT2D eigenvalue weighted by Crippen LogP contribution is -2.38. The highest BCUT2D eigenvalue weighted by Crippen LogP contribution is 2.26. The molecule has 2 N–H and O–H groups in total. The molecule has 114 valence electrons. The van der Waals surface area contributed by atoms with Crippen LogP contribution in [0, 0.1) is 5.92 Å². The Morgan fingerprint density at radius 3 is 2.52 bits per heavy atom. The molecule has 2 rings (SSSR count). The van der Waals surface area contributed by atoms with Crippen molar-refractivity contribution in [3.63, 3.8) is 0 Å². The Labute approximate surface area is 131 Å². The van der Waals surface area contributed by atoms with Gasteiger partial charge in [-0.2, -0.15) is 0 Å².